The Balaban J connectivity index is 1.95. The van der Waals surface area contributed by atoms with Crippen molar-refractivity contribution in [3.8, 4) is 0 Å². The Morgan fingerprint density at radius 3 is 2.55 bits per heavy atom. The fourth-order valence-electron chi connectivity index (χ4n) is 1.45. The van der Waals surface area contributed by atoms with E-state index in [0.717, 1.165) is 4.34 Å². The minimum absolute atomic E-state index is 0.00284. The lowest BCUT2D eigenvalue weighted by molar-refractivity contribution is -0.115. The van der Waals surface area contributed by atoms with Crippen molar-refractivity contribution in [2.75, 3.05) is 5.32 Å². The van der Waals surface area contributed by atoms with Crippen molar-refractivity contribution in [3.63, 3.8) is 0 Å². The van der Waals surface area contributed by atoms with Gasteiger partial charge in [0.25, 0.3) is 0 Å². The number of ketones is 1. The van der Waals surface area contributed by atoms with Crippen molar-refractivity contribution in [2.45, 2.75) is 23.4 Å². The Hall–Kier alpha value is -1.73. The molecule has 1 amide bonds. The Bertz CT molecular complexity index is 597. The van der Waals surface area contributed by atoms with Crippen LogP contribution in [0.3, 0.4) is 0 Å². The summed E-state index contributed by atoms with van der Waals surface area (Å²) in [5, 5.41) is 10.2. The number of carbonyl (C=O) groups is 2. The first-order chi connectivity index (χ1) is 9.56. The average molecular weight is 307 g/mol. The van der Waals surface area contributed by atoms with Crippen LogP contribution in [-0.4, -0.2) is 27.1 Å². The van der Waals surface area contributed by atoms with E-state index in [1.807, 2.05) is 6.92 Å². The first-order valence-electron chi connectivity index (χ1n) is 5.91. The minimum Gasteiger partial charge on any atom is -0.325 e. The van der Waals surface area contributed by atoms with Gasteiger partial charge in [0, 0.05) is 11.3 Å². The lowest BCUT2D eigenvalue weighted by Gasteiger charge is -2.10. The molecule has 0 saturated carbocycles. The van der Waals surface area contributed by atoms with Gasteiger partial charge in [-0.1, -0.05) is 23.1 Å². The number of hydrogen-bond donors (Lipinski definition) is 1. The molecule has 1 aromatic carbocycles. The van der Waals surface area contributed by atoms with Crippen LogP contribution in [0.25, 0.3) is 0 Å². The summed E-state index contributed by atoms with van der Waals surface area (Å²) < 4.78 is 0.763. The third-order valence-corrected chi connectivity index (χ3v) is 4.46. The summed E-state index contributed by atoms with van der Waals surface area (Å²) in [6, 6.07) is 6.83. The van der Waals surface area contributed by atoms with Crippen molar-refractivity contribution in [1.82, 2.24) is 10.2 Å². The number of carbonyl (C=O) groups excluding carboxylic acids is 2. The van der Waals surface area contributed by atoms with Gasteiger partial charge in [-0.3, -0.25) is 9.59 Å². The number of thioether (sulfide) groups is 1. The molecule has 0 radical (unpaired) electrons. The molecule has 1 heterocycles. The number of anilines is 1. The summed E-state index contributed by atoms with van der Waals surface area (Å²) in [7, 11) is 0. The number of hydrogen-bond acceptors (Lipinski definition) is 6. The Kier molecular flexibility index (Phi) is 4.86. The fourth-order valence-corrected chi connectivity index (χ4v) is 3.08. The number of nitrogens with zero attached hydrogens (tertiary/aromatic N) is 2. The zero-order valence-corrected chi connectivity index (χ0v) is 12.6. The molecule has 1 aromatic heterocycles. The standard InChI is InChI=1S/C13H13N3O2S2/c1-8(17)10-3-5-11(6-4-10)15-12(18)9(2)20-13-16-14-7-19-13/h3-7,9H,1-2H3,(H,15,18)/t9-/m1/s1. The topological polar surface area (TPSA) is 72.0 Å². The number of rotatable bonds is 5. The van der Waals surface area contributed by atoms with Crippen LogP contribution in [0.4, 0.5) is 5.69 Å². The molecular formula is C13H13N3O2S2. The molecule has 1 atom stereocenters. The molecule has 0 fully saturated rings. The van der Waals surface area contributed by atoms with Crippen molar-refractivity contribution in [2.24, 2.45) is 0 Å². The normalized spacial score (nSPS) is 11.9. The van der Waals surface area contributed by atoms with Crippen LogP contribution >= 0.6 is 23.1 Å². The van der Waals surface area contributed by atoms with Gasteiger partial charge in [0.1, 0.15) is 5.51 Å². The zero-order chi connectivity index (χ0) is 14.5. The van der Waals surface area contributed by atoms with Gasteiger partial charge in [-0.25, -0.2) is 0 Å². The van der Waals surface area contributed by atoms with E-state index in [1.165, 1.54) is 30.0 Å². The SMILES string of the molecule is CC(=O)c1ccc(NC(=O)[C@@H](C)Sc2nncs2)cc1. The summed E-state index contributed by atoms with van der Waals surface area (Å²) in [4.78, 5) is 23.2. The van der Waals surface area contributed by atoms with E-state index >= 15 is 0 Å². The first kappa shape index (κ1) is 14.7. The van der Waals surface area contributed by atoms with Gasteiger partial charge in [0.2, 0.25) is 5.91 Å². The maximum Gasteiger partial charge on any atom is 0.237 e. The van der Waals surface area contributed by atoms with Gasteiger partial charge < -0.3 is 5.32 Å². The molecule has 0 aliphatic carbocycles. The molecule has 2 rings (SSSR count). The van der Waals surface area contributed by atoms with Crippen LogP contribution in [0, 0.1) is 0 Å². The second kappa shape index (κ2) is 6.62. The summed E-state index contributed by atoms with van der Waals surface area (Å²) in [6.07, 6.45) is 0. The maximum atomic E-state index is 12.0. The summed E-state index contributed by atoms with van der Waals surface area (Å²) >= 11 is 2.77. The van der Waals surface area contributed by atoms with E-state index in [9.17, 15) is 9.59 Å². The van der Waals surface area contributed by atoms with Gasteiger partial charge in [-0.2, -0.15) is 0 Å². The maximum absolute atomic E-state index is 12.0. The van der Waals surface area contributed by atoms with Gasteiger partial charge >= 0.3 is 0 Å². The molecule has 0 aliphatic rings. The predicted octanol–water partition coefficient (Wildman–Crippen LogP) is 2.86. The number of Topliss-reactive ketones (excluding diaryl/α,β-unsaturated/α-hetero) is 1. The van der Waals surface area contributed by atoms with E-state index in [-0.39, 0.29) is 16.9 Å². The lowest BCUT2D eigenvalue weighted by Crippen LogP contribution is -2.22. The second-order valence-corrected chi connectivity index (χ2v) is 6.51. The van der Waals surface area contributed by atoms with E-state index in [2.05, 4.69) is 15.5 Å². The second-order valence-electron chi connectivity index (χ2n) is 4.09. The lowest BCUT2D eigenvalue weighted by atomic mass is 10.1. The van der Waals surface area contributed by atoms with Crippen LogP contribution < -0.4 is 5.32 Å². The molecule has 0 spiro atoms. The van der Waals surface area contributed by atoms with Crippen molar-refractivity contribution >= 4 is 40.5 Å². The summed E-state index contributed by atoms with van der Waals surface area (Å²) in [6.45, 7) is 3.32. The smallest absolute Gasteiger partial charge is 0.237 e. The van der Waals surface area contributed by atoms with Crippen LogP contribution in [0.5, 0.6) is 0 Å². The Morgan fingerprint density at radius 1 is 1.30 bits per heavy atom. The molecule has 0 aliphatic heterocycles. The molecule has 0 bridgehead atoms. The number of aromatic nitrogens is 2. The quantitative estimate of drug-likeness (QED) is 0.679. The fraction of sp³-hybridized carbons (Fsp3) is 0.231. The van der Waals surface area contributed by atoms with Gasteiger partial charge in [-0.05, 0) is 38.1 Å². The minimum atomic E-state index is -0.268. The highest BCUT2D eigenvalue weighted by atomic mass is 32.2. The first-order valence-corrected chi connectivity index (χ1v) is 7.67. The molecule has 5 nitrogen and oxygen atoms in total. The Labute approximate surface area is 124 Å². The highest BCUT2D eigenvalue weighted by Crippen LogP contribution is 2.25. The van der Waals surface area contributed by atoms with E-state index in [4.69, 9.17) is 0 Å². The van der Waals surface area contributed by atoms with Crippen LogP contribution in [-0.2, 0) is 4.79 Å². The van der Waals surface area contributed by atoms with Crippen molar-refractivity contribution in [3.05, 3.63) is 35.3 Å². The molecule has 7 heteroatoms. The van der Waals surface area contributed by atoms with E-state index in [0.29, 0.717) is 11.3 Å². The third kappa shape index (κ3) is 3.88. The van der Waals surface area contributed by atoms with Crippen LogP contribution in [0.2, 0.25) is 0 Å². The van der Waals surface area contributed by atoms with Crippen molar-refractivity contribution in [1.29, 1.82) is 0 Å². The zero-order valence-electron chi connectivity index (χ0n) is 11.0. The third-order valence-electron chi connectivity index (χ3n) is 2.55. The number of benzene rings is 1. The van der Waals surface area contributed by atoms with E-state index in [1.54, 1.807) is 29.8 Å². The average Bonchev–Trinajstić information content (AvgIpc) is 2.92. The summed E-state index contributed by atoms with van der Waals surface area (Å²) in [5.74, 6) is -0.108. The highest BCUT2D eigenvalue weighted by molar-refractivity contribution is 8.02. The largest absolute Gasteiger partial charge is 0.325 e. The molecule has 1 N–H and O–H groups in total. The number of nitrogens with one attached hydrogen (secondary N) is 1. The Morgan fingerprint density at radius 2 is 2.00 bits per heavy atom. The monoisotopic (exact) mass is 307 g/mol. The highest BCUT2D eigenvalue weighted by Gasteiger charge is 2.16. The predicted molar refractivity (Wildman–Crippen MR) is 80.3 cm³/mol. The summed E-state index contributed by atoms with van der Waals surface area (Å²) in [5.41, 5.74) is 2.93. The van der Waals surface area contributed by atoms with Crippen LogP contribution in [0.1, 0.15) is 24.2 Å². The molecule has 0 unspecified atom stereocenters. The molecule has 0 saturated heterocycles. The number of amides is 1. The van der Waals surface area contributed by atoms with Crippen LogP contribution in [0.15, 0.2) is 34.1 Å². The van der Waals surface area contributed by atoms with Gasteiger partial charge in [-0.15, -0.1) is 10.2 Å². The van der Waals surface area contributed by atoms with Crippen molar-refractivity contribution < 1.29 is 9.59 Å². The van der Waals surface area contributed by atoms with Gasteiger partial charge in [0.15, 0.2) is 10.1 Å². The molecule has 20 heavy (non-hydrogen) atoms. The van der Waals surface area contributed by atoms with E-state index < -0.39 is 0 Å². The molecule has 2 aromatic rings. The molecule has 104 valence electrons. The molecular weight excluding hydrogens is 294 g/mol. The van der Waals surface area contributed by atoms with Gasteiger partial charge in [0.05, 0.1) is 5.25 Å².